The average molecular weight is 314 g/mol. The molecule has 5 heteroatoms. The van der Waals surface area contributed by atoms with Gasteiger partial charge >= 0.3 is 0 Å². The molecule has 1 fully saturated rings. The van der Waals surface area contributed by atoms with Gasteiger partial charge in [-0.25, -0.2) is 0 Å². The molecule has 0 bridgehead atoms. The summed E-state index contributed by atoms with van der Waals surface area (Å²) < 4.78 is 11.4. The number of hydrogen-bond acceptors (Lipinski definition) is 4. The van der Waals surface area contributed by atoms with Crippen molar-refractivity contribution < 1.29 is 14.6 Å². The Kier molecular flexibility index (Phi) is 5.88. The normalized spacial score (nSPS) is 24.8. The molecule has 0 aromatic heterocycles. The second-order valence-corrected chi connectivity index (χ2v) is 6.29. The highest BCUT2D eigenvalue weighted by Gasteiger charge is 2.23. The van der Waals surface area contributed by atoms with Crippen LogP contribution in [-0.4, -0.2) is 54.6 Å². The Labute approximate surface area is 131 Å². The van der Waals surface area contributed by atoms with Crippen molar-refractivity contribution in [2.75, 3.05) is 26.2 Å². The molecule has 1 heterocycles. The van der Waals surface area contributed by atoms with Crippen molar-refractivity contribution in [2.24, 2.45) is 0 Å². The lowest BCUT2D eigenvalue weighted by molar-refractivity contribution is -0.0786. The van der Waals surface area contributed by atoms with Crippen LogP contribution in [0.3, 0.4) is 0 Å². The number of halogens is 1. The first-order chi connectivity index (χ1) is 9.94. The van der Waals surface area contributed by atoms with Crippen LogP contribution in [0.2, 0.25) is 5.02 Å². The van der Waals surface area contributed by atoms with Gasteiger partial charge in [0.15, 0.2) is 0 Å². The van der Waals surface area contributed by atoms with E-state index in [-0.39, 0.29) is 18.8 Å². The zero-order valence-corrected chi connectivity index (χ0v) is 13.6. The molecule has 1 saturated heterocycles. The minimum atomic E-state index is -0.516. The molecule has 1 N–H and O–H groups in total. The molecule has 0 saturated carbocycles. The average Bonchev–Trinajstić information content (AvgIpc) is 2.36. The highest BCUT2D eigenvalue weighted by atomic mass is 35.5. The number of hydrogen-bond donors (Lipinski definition) is 1. The van der Waals surface area contributed by atoms with E-state index in [4.69, 9.17) is 21.1 Å². The molecule has 0 amide bonds. The molecule has 3 atom stereocenters. The molecule has 1 aromatic rings. The van der Waals surface area contributed by atoms with Gasteiger partial charge in [-0.1, -0.05) is 11.6 Å². The number of aliphatic hydroxyl groups excluding tert-OH is 1. The minimum Gasteiger partial charge on any atom is -0.491 e. The smallest absolute Gasteiger partial charge is 0.122 e. The molecule has 1 aromatic carbocycles. The fraction of sp³-hybridized carbons (Fsp3) is 0.625. The van der Waals surface area contributed by atoms with E-state index in [1.54, 1.807) is 6.07 Å². The van der Waals surface area contributed by atoms with Crippen LogP contribution in [0.4, 0.5) is 0 Å². The molecule has 0 unspecified atom stereocenters. The van der Waals surface area contributed by atoms with Crippen molar-refractivity contribution in [3.8, 4) is 5.75 Å². The van der Waals surface area contributed by atoms with Gasteiger partial charge in [-0.15, -0.1) is 0 Å². The van der Waals surface area contributed by atoms with Crippen molar-refractivity contribution in [2.45, 2.75) is 39.1 Å². The minimum absolute atomic E-state index is 0.209. The predicted molar refractivity (Wildman–Crippen MR) is 84.1 cm³/mol. The maximum absolute atomic E-state index is 10.1. The predicted octanol–water partition coefficient (Wildman–Crippen LogP) is 2.50. The molecule has 1 aliphatic rings. The van der Waals surface area contributed by atoms with Gasteiger partial charge in [-0.2, -0.15) is 0 Å². The first kappa shape index (κ1) is 16.6. The second kappa shape index (κ2) is 7.45. The molecule has 2 rings (SSSR count). The standard InChI is InChI=1S/C16H24ClNO3/c1-11-6-14(17)4-5-16(11)20-10-15(19)9-18-7-12(2)21-13(3)8-18/h4-6,12-13,15,19H,7-10H2,1-3H3/t12-,13-,15+/m0/s1. The Morgan fingerprint density at radius 2 is 2.05 bits per heavy atom. The number of aryl methyl sites for hydroxylation is 1. The summed E-state index contributed by atoms with van der Waals surface area (Å²) in [6.45, 7) is 8.64. The Hall–Kier alpha value is -0.810. The molecule has 0 radical (unpaired) electrons. The number of rotatable bonds is 5. The van der Waals surface area contributed by atoms with Crippen molar-refractivity contribution in [1.29, 1.82) is 0 Å². The van der Waals surface area contributed by atoms with Crippen LogP contribution in [-0.2, 0) is 4.74 Å². The lowest BCUT2D eigenvalue weighted by Crippen LogP contribution is -2.48. The third-order valence-corrected chi connectivity index (χ3v) is 3.77. The van der Waals surface area contributed by atoms with Crippen molar-refractivity contribution in [3.63, 3.8) is 0 Å². The highest BCUT2D eigenvalue weighted by Crippen LogP contribution is 2.22. The van der Waals surface area contributed by atoms with E-state index < -0.39 is 6.10 Å². The summed E-state index contributed by atoms with van der Waals surface area (Å²) >= 11 is 5.91. The van der Waals surface area contributed by atoms with Gasteiger partial charge in [0.2, 0.25) is 0 Å². The Morgan fingerprint density at radius 3 is 2.67 bits per heavy atom. The molecule has 0 aliphatic carbocycles. The number of β-amino-alcohol motifs (C(OH)–C–C–N with tert-alkyl or cyclic N) is 1. The van der Waals surface area contributed by atoms with E-state index in [0.29, 0.717) is 11.6 Å². The van der Waals surface area contributed by atoms with Crippen LogP contribution in [0, 0.1) is 6.92 Å². The summed E-state index contributed by atoms with van der Waals surface area (Å²) in [6, 6.07) is 5.49. The van der Waals surface area contributed by atoms with Gasteiger partial charge in [-0.3, -0.25) is 4.90 Å². The first-order valence-corrected chi connectivity index (χ1v) is 7.76. The van der Waals surface area contributed by atoms with Gasteiger partial charge in [0.25, 0.3) is 0 Å². The van der Waals surface area contributed by atoms with Crippen LogP contribution in [0.5, 0.6) is 5.75 Å². The van der Waals surface area contributed by atoms with Crippen LogP contribution in [0.25, 0.3) is 0 Å². The molecular weight excluding hydrogens is 290 g/mol. The van der Waals surface area contributed by atoms with E-state index in [9.17, 15) is 5.11 Å². The summed E-state index contributed by atoms with van der Waals surface area (Å²) in [7, 11) is 0. The second-order valence-electron chi connectivity index (χ2n) is 5.85. The van der Waals surface area contributed by atoms with Crippen LogP contribution in [0.1, 0.15) is 19.4 Å². The number of aliphatic hydroxyl groups is 1. The topological polar surface area (TPSA) is 41.9 Å². The summed E-state index contributed by atoms with van der Waals surface area (Å²) in [4.78, 5) is 2.22. The largest absolute Gasteiger partial charge is 0.491 e. The van der Waals surface area contributed by atoms with Crippen LogP contribution >= 0.6 is 11.6 Å². The van der Waals surface area contributed by atoms with E-state index in [2.05, 4.69) is 18.7 Å². The van der Waals surface area contributed by atoms with Crippen molar-refractivity contribution in [3.05, 3.63) is 28.8 Å². The van der Waals surface area contributed by atoms with Crippen LogP contribution in [0.15, 0.2) is 18.2 Å². The molecule has 21 heavy (non-hydrogen) atoms. The van der Waals surface area contributed by atoms with E-state index in [1.165, 1.54) is 0 Å². The number of ether oxygens (including phenoxy) is 2. The fourth-order valence-corrected chi connectivity index (χ4v) is 2.97. The fourth-order valence-electron chi connectivity index (χ4n) is 2.74. The Bertz CT molecular complexity index is 459. The summed E-state index contributed by atoms with van der Waals surface area (Å²) in [5, 5.41) is 10.8. The highest BCUT2D eigenvalue weighted by molar-refractivity contribution is 6.30. The zero-order valence-electron chi connectivity index (χ0n) is 12.9. The summed E-state index contributed by atoms with van der Waals surface area (Å²) in [6.07, 6.45) is -0.0988. The lowest BCUT2D eigenvalue weighted by Gasteiger charge is -2.36. The number of nitrogens with zero attached hydrogens (tertiary/aromatic N) is 1. The van der Waals surface area contributed by atoms with Gasteiger partial charge in [-0.05, 0) is 44.5 Å². The van der Waals surface area contributed by atoms with Gasteiger partial charge in [0.05, 0.1) is 12.2 Å². The van der Waals surface area contributed by atoms with E-state index in [1.807, 2.05) is 19.1 Å². The van der Waals surface area contributed by atoms with Gasteiger partial charge in [0.1, 0.15) is 18.5 Å². The van der Waals surface area contributed by atoms with Crippen molar-refractivity contribution in [1.82, 2.24) is 4.90 Å². The molecular formula is C16H24ClNO3. The third kappa shape index (κ3) is 5.15. The molecule has 1 aliphatic heterocycles. The Morgan fingerprint density at radius 1 is 1.38 bits per heavy atom. The quantitative estimate of drug-likeness (QED) is 0.907. The monoisotopic (exact) mass is 313 g/mol. The van der Waals surface area contributed by atoms with Gasteiger partial charge < -0.3 is 14.6 Å². The third-order valence-electron chi connectivity index (χ3n) is 3.53. The maximum Gasteiger partial charge on any atom is 0.122 e. The Balaban J connectivity index is 1.80. The number of morpholine rings is 1. The molecule has 4 nitrogen and oxygen atoms in total. The summed E-state index contributed by atoms with van der Waals surface area (Å²) in [5.41, 5.74) is 0.975. The molecule has 118 valence electrons. The SMILES string of the molecule is Cc1cc(Cl)ccc1OC[C@H](O)CN1C[C@H](C)O[C@@H](C)C1. The zero-order chi connectivity index (χ0) is 15.4. The van der Waals surface area contributed by atoms with E-state index in [0.717, 1.165) is 24.4 Å². The van der Waals surface area contributed by atoms with Crippen molar-refractivity contribution >= 4 is 11.6 Å². The lowest BCUT2D eigenvalue weighted by atomic mass is 10.2. The van der Waals surface area contributed by atoms with Gasteiger partial charge in [0, 0.05) is 24.7 Å². The maximum atomic E-state index is 10.1. The summed E-state index contributed by atoms with van der Waals surface area (Å²) in [5.74, 6) is 0.766. The first-order valence-electron chi connectivity index (χ1n) is 7.39. The van der Waals surface area contributed by atoms with E-state index >= 15 is 0 Å². The number of benzene rings is 1. The molecule has 0 spiro atoms. The van der Waals surface area contributed by atoms with Crippen LogP contribution < -0.4 is 4.74 Å².